The normalized spacial score (nSPS) is 13.9. The van der Waals surface area contributed by atoms with Crippen LogP contribution in [0.2, 0.25) is 0 Å². The number of nitrogens with one attached hydrogen (secondary N) is 2. The molecule has 1 aromatic heterocycles. The number of piperazine rings is 1. The number of amides is 2. The predicted molar refractivity (Wildman–Crippen MR) is 141 cm³/mol. The summed E-state index contributed by atoms with van der Waals surface area (Å²) in [6.45, 7) is 5.95. The molecule has 0 aliphatic carbocycles. The molecular formula is C26H30N6O4S. The lowest BCUT2D eigenvalue weighted by atomic mass is 10.1. The minimum Gasteiger partial charge on any atom is -0.339 e. The molecule has 10 nitrogen and oxygen atoms in total. The molecule has 1 aliphatic heterocycles. The molecule has 2 aromatic carbocycles. The number of hydrogen-bond acceptors (Lipinski definition) is 7. The van der Waals surface area contributed by atoms with Gasteiger partial charge in [0.2, 0.25) is 21.9 Å². The summed E-state index contributed by atoms with van der Waals surface area (Å²) in [5.41, 5.74) is 2.68. The number of nitrogens with zero attached hydrogens (tertiary/aromatic N) is 4. The zero-order valence-electron chi connectivity index (χ0n) is 20.8. The number of carbonyl (C=O) groups is 2. The van der Waals surface area contributed by atoms with Crippen LogP contribution in [-0.4, -0.2) is 72.7 Å². The van der Waals surface area contributed by atoms with E-state index >= 15 is 0 Å². The summed E-state index contributed by atoms with van der Waals surface area (Å²) >= 11 is 0. The van der Waals surface area contributed by atoms with E-state index in [-0.39, 0.29) is 16.7 Å². The third-order valence-electron chi connectivity index (χ3n) is 6.06. The van der Waals surface area contributed by atoms with Gasteiger partial charge in [-0.3, -0.25) is 9.59 Å². The molecule has 1 fully saturated rings. The van der Waals surface area contributed by atoms with Crippen LogP contribution in [0, 0.1) is 0 Å². The van der Waals surface area contributed by atoms with Crippen molar-refractivity contribution in [2.24, 2.45) is 0 Å². The molecule has 2 amide bonds. The van der Waals surface area contributed by atoms with Gasteiger partial charge in [0.1, 0.15) is 0 Å². The van der Waals surface area contributed by atoms with E-state index < -0.39 is 10.0 Å². The second-order valence-corrected chi connectivity index (χ2v) is 10.5. The van der Waals surface area contributed by atoms with Crippen molar-refractivity contribution in [3.05, 3.63) is 66.4 Å². The third-order valence-corrected chi connectivity index (χ3v) is 7.54. The van der Waals surface area contributed by atoms with Crippen LogP contribution in [0.15, 0.2) is 65.7 Å². The topological polar surface area (TPSA) is 125 Å². The van der Waals surface area contributed by atoms with Gasteiger partial charge < -0.3 is 15.1 Å². The highest BCUT2D eigenvalue weighted by molar-refractivity contribution is 7.89. The third kappa shape index (κ3) is 6.49. The summed E-state index contributed by atoms with van der Waals surface area (Å²) < 4.78 is 27.2. The Bertz CT molecular complexity index is 1350. The molecule has 0 spiro atoms. The Balaban J connectivity index is 1.40. The number of anilines is 2. The summed E-state index contributed by atoms with van der Waals surface area (Å²) in [5, 5.41) is 3.14. The molecule has 0 unspecified atom stereocenters. The highest BCUT2D eigenvalue weighted by atomic mass is 32.2. The van der Waals surface area contributed by atoms with Gasteiger partial charge >= 0.3 is 0 Å². The van der Waals surface area contributed by atoms with E-state index in [1.807, 2.05) is 6.92 Å². The van der Waals surface area contributed by atoms with Gasteiger partial charge in [0.25, 0.3) is 5.91 Å². The summed E-state index contributed by atoms with van der Waals surface area (Å²) in [7, 11) is -3.53. The van der Waals surface area contributed by atoms with Crippen LogP contribution in [0.3, 0.4) is 0 Å². The largest absolute Gasteiger partial charge is 0.339 e. The standard InChI is InChI=1S/C26H30N6O4S/c1-3-13-28-37(35,36)23-10-6-20(7-11-23)24-12-14-27-26(30-24)29-22-8-4-21(5-9-22)25(34)32-17-15-31(16-18-32)19(2)33/h4-12,14,28H,3,13,15-18H2,1-2H3,(H,27,29,30). The van der Waals surface area contributed by atoms with E-state index in [2.05, 4.69) is 20.0 Å². The van der Waals surface area contributed by atoms with Crippen LogP contribution < -0.4 is 10.0 Å². The molecule has 1 aliphatic rings. The number of benzene rings is 2. The number of sulfonamides is 1. The van der Waals surface area contributed by atoms with Crippen LogP contribution in [0.25, 0.3) is 11.3 Å². The van der Waals surface area contributed by atoms with E-state index in [9.17, 15) is 18.0 Å². The fourth-order valence-electron chi connectivity index (χ4n) is 3.94. The van der Waals surface area contributed by atoms with Gasteiger partial charge in [-0.05, 0) is 48.9 Å². The quantitative estimate of drug-likeness (QED) is 0.466. The van der Waals surface area contributed by atoms with E-state index in [0.29, 0.717) is 56.4 Å². The number of carbonyl (C=O) groups excluding carboxylic acids is 2. The van der Waals surface area contributed by atoms with E-state index in [4.69, 9.17) is 0 Å². The Hall–Kier alpha value is -3.83. The van der Waals surface area contributed by atoms with E-state index in [0.717, 1.165) is 11.3 Å². The lowest BCUT2D eigenvalue weighted by molar-refractivity contribution is -0.130. The van der Waals surface area contributed by atoms with Crippen molar-refractivity contribution in [2.75, 3.05) is 38.0 Å². The smallest absolute Gasteiger partial charge is 0.253 e. The molecule has 3 aromatic rings. The molecule has 0 atom stereocenters. The van der Waals surface area contributed by atoms with Gasteiger partial charge in [-0.15, -0.1) is 0 Å². The molecule has 0 radical (unpaired) electrons. The summed E-state index contributed by atoms with van der Waals surface area (Å²) in [4.78, 5) is 36.8. The highest BCUT2D eigenvalue weighted by Crippen LogP contribution is 2.22. The molecule has 37 heavy (non-hydrogen) atoms. The van der Waals surface area contributed by atoms with Crippen LogP contribution in [0.4, 0.5) is 11.6 Å². The van der Waals surface area contributed by atoms with Crippen molar-refractivity contribution in [3.63, 3.8) is 0 Å². The Morgan fingerprint density at radius 1 is 0.919 bits per heavy atom. The fraction of sp³-hybridized carbons (Fsp3) is 0.308. The lowest BCUT2D eigenvalue weighted by Gasteiger charge is -2.34. The molecular weight excluding hydrogens is 492 g/mol. The highest BCUT2D eigenvalue weighted by Gasteiger charge is 2.23. The molecule has 2 N–H and O–H groups in total. The first kappa shape index (κ1) is 26.2. The van der Waals surface area contributed by atoms with Crippen LogP contribution in [0.5, 0.6) is 0 Å². The van der Waals surface area contributed by atoms with Crippen molar-refractivity contribution in [2.45, 2.75) is 25.2 Å². The number of rotatable bonds is 8. The van der Waals surface area contributed by atoms with Crippen LogP contribution in [0.1, 0.15) is 30.6 Å². The van der Waals surface area contributed by atoms with E-state index in [1.165, 1.54) is 6.92 Å². The second-order valence-electron chi connectivity index (χ2n) is 8.69. The SMILES string of the molecule is CCCNS(=O)(=O)c1ccc(-c2ccnc(Nc3ccc(C(=O)N4CCN(C(C)=O)CC4)cc3)n2)cc1. The first-order valence-corrected chi connectivity index (χ1v) is 13.6. The molecule has 2 heterocycles. The maximum Gasteiger partial charge on any atom is 0.253 e. The Morgan fingerprint density at radius 2 is 1.57 bits per heavy atom. The van der Waals surface area contributed by atoms with Gasteiger partial charge in [-0.1, -0.05) is 19.1 Å². The van der Waals surface area contributed by atoms with Crippen molar-refractivity contribution in [1.82, 2.24) is 24.5 Å². The van der Waals surface area contributed by atoms with Gasteiger partial charge in [-0.25, -0.2) is 23.1 Å². The van der Waals surface area contributed by atoms with Gasteiger partial charge in [0.15, 0.2) is 0 Å². The Labute approximate surface area is 216 Å². The average molecular weight is 523 g/mol. The average Bonchev–Trinajstić information content (AvgIpc) is 2.92. The minimum atomic E-state index is -3.53. The second kappa shape index (κ2) is 11.5. The Morgan fingerprint density at radius 3 is 2.19 bits per heavy atom. The first-order valence-electron chi connectivity index (χ1n) is 12.1. The van der Waals surface area contributed by atoms with Crippen molar-refractivity contribution in [1.29, 1.82) is 0 Å². The molecule has 1 saturated heterocycles. The predicted octanol–water partition coefficient (Wildman–Crippen LogP) is 2.88. The molecule has 4 rings (SSSR count). The van der Waals surface area contributed by atoms with Crippen molar-refractivity contribution < 1.29 is 18.0 Å². The number of aromatic nitrogens is 2. The monoisotopic (exact) mass is 522 g/mol. The lowest BCUT2D eigenvalue weighted by Crippen LogP contribution is -2.50. The Kier molecular flexibility index (Phi) is 8.14. The van der Waals surface area contributed by atoms with Crippen LogP contribution in [-0.2, 0) is 14.8 Å². The molecule has 11 heteroatoms. The first-order chi connectivity index (χ1) is 17.8. The van der Waals surface area contributed by atoms with Gasteiger partial charge in [0, 0.05) is 62.7 Å². The summed E-state index contributed by atoms with van der Waals surface area (Å²) in [6.07, 6.45) is 2.34. The number of hydrogen-bond donors (Lipinski definition) is 2. The molecule has 194 valence electrons. The molecule has 0 saturated carbocycles. The van der Waals surface area contributed by atoms with Crippen molar-refractivity contribution >= 4 is 33.5 Å². The minimum absolute atomic E-state index is 0.0264. The van der Waals surface area contributed by atoms with Crippen molar-refractivity contribution in [3.8, 4) is 11.3 Å². The van der Waals surface area contributed by atoms with Crippen LogP contribution >= 0.6 is 0 Å². The zero-order valence-corrected chi connectivity index (χ0v) is 21.7. The summed E-state index contributed by atoms with van der Waals surface area (Å²) in [5.74, 6) is 0.333. The van der Waals surface area contributed by atoms with E-state index in [1.54, 1.807) is 70.6 Å². The zero-order chi connectivity index (χ0) is 26.4. The molecule has 0 bridgehead atoms. The summed E-state index contributed by atoms with van der Waals surface area (Å²) in [6, 6.07) is 15.4. The van der Waals surface area contributed by atoms with Gasteiger partial charge in [-0.2, -0.15) is 0 Å². The fourth-order valence-corrected chi connectivity index (χ4v) is 5.07. The maximum atomic E-state index is 12.8. The maximum absolute atomic E-state index is 12.8. The van der Waals surface area contributed by atoms with Gasteiger partial charge in [0.05, 0.1) is 10.6 Å².